The van der Waals surface area contributed by atoms with E-state index in [1.54, 1.807) is 0 Å². The van der Waals surface area contributed by atoms with Crippen LogP contribution in [-0.2, 0) is 0 Å². The second-order valence-corrected chi connectivity index (χ2v) is 2.56. The van der Waals surface area contributed by atoms with Crippen molar-refractivity contribution in [2.75, 3.05) is 5.73 Å². The fraction of sp³-hybridized carbons (Fsp3) is 0.571. The van der Waals surface area contributed by atoms with E-state index in [-0.39, 0.29) is 12.4 Å². The SMILES string of the molecule is CCC(C)c1cc(N)n[nH]1.Cl. The van der Waals surface area contributed by atoms with E-state index in [1.165, 1.54) is 0 Å². The molecule has 1 aromatic rings. The molecule has 11 heavy (non-hydrogen) atoms. The van der Waals surface area contributed by atoms with Crippen LogP contribution in [0, 0.1) is 0 Å². The van der Waals surface area contributed by atoms with Gasteiger partial charge in [-0.3, -0.25) is 5.10 Å². The van der Waals surface area contributed by atoms with Crippen molar-refractivity contribution in [1.82, 2.24) is 10.2 Å². The molecule has 0 aliphatic carbocycles. The van der Waals surface area contributed by atoms with Gasteiger partial charge >= 0.3 is 0 Å². The third-order valence-electron chi connectivity index (χ3n) is 1.76. The number of nitrogens with one attached hydrogen (secondary N) is 1. The molecule has 0 aromatic carbocycles. The predicted octanol–water partition coefficient (Wildman–Crippen LogP) is 1.93. The summed E-state index contributed by atoms with van der Waals surface area (Å²) < 4.78 is 0. The third kappa shape index (κ3) is 2.42. The Morgan fingerprint density at radius 3 is 2.73 bits per heavy atom. The van der Waals surface area contributed by atoms with Gasteiger partial charge in [-0.1, -0.05) is 13.8 Å². The molecule has 1 unspecified atom stereocenters. The van der Waals surface area contributed by atoms with Crippen LogP contribution in [0.1, 0.15) is 31.9 Å². The number of aromatic amines is 1. The Hall–Kier alpha value is -0.700. The summed E-state index contributed by atoms with van der Waals surface area (Å²) in [5.41, 5.74) is 6.55. The zero-order valence-corrected chi connectivity index (χ0v) is 7.61. The lowest BCUT2D eigenvalue weighted by atomic mass is 10.1. The Balaban J connectivity index is 0.000001000. The smallest absolute Gasteiger partial charge is 0.145 e. The number of hydrogen-bond acceptors (Lipinski definition) is 2. The molecule has 1 aromatic heterocycles. The number of nitrogens with two attached hydrogens (primary N) is 1. The van der Waals surface area contributed by atoms with Gasteiger partial charge in [0.05, 0.1) is 0 Å². The minimum absolute atomic E-state index is 0. The van der Waals surface area contributed by atoms with Crippen molar-refractivity contribution in [3.05, 3.63) is 11.8 Å². The van der Waals surface area contributed by atoms with Crippen molar-refractivity contribution in [3.63, 3.8) is 0 Å². The Morgan fingerprint density at radius 2 is 2.36 bits per heavy atom. The van der Waals surface area contributed by atoms with Crippen molar-refractivity contribution >= 4 is 18.2 Å². The molecule has 0 spiro atoms. The summed E-state index contributed by atoms with van der Waals surface area (Å²) >= 11 is 0. The van der Waals surface area contributed by atoms with E-state index in [1.807, 2.05) is 6.07 Å². The lowest BCUT2D eigenvalue weighted by Gasteiger charge is -2.02. The summed E-state index contributed by atoms with van der Waals surface area (Å²) in [5.74, 6) is 1.11. The van der Waals surface area contributed by atoms with Gasteiger partial charge in [0.25, 0.3) is 0 Å². The zero-order valence-electron chi connectivity index (χ0n) is 6.79. The van der Waals surface area contributed by atoms with Gasteiger partial charge in [-0.05, 0) is 12.3 Å². The number of anilines is 1. The lowest BCUT2D eigenvalue weighted by Crippen LogP contribution is -1.90. The van der Waals surface area contributed by atoms with Crippen LogP contribution < -0.4 is 5.73 Å². The van der Waals surface area contributed by atoms with E-state index in [0.29, 0.717) is 11.7 Å². The van der Waals surface area contributed by atoms with Crippen molar-refractivity contribution in [1.29, 1.82) is 0 Å². The maximum Gasteiger partial charge on any atom is 0.145 e. The molecular weight excluding hydrogens is 162 g/mol. The zero-order chi connectivity index (χ0) is 7.56. The molecule has 0 aliphatic heterocycles. The first-order valence-electron chi connectivity index (χ1n) is 3.54. The van der Waals surface area contributed by atoms with Gasteiger partial charge in [0.1, 0.15) is 5.82 Å². The van der Waals surface area contributed by atoms with Gasteiger partial charge in [-0.2, -0.15) is 5.10 Å². The van der Waals surface area contributed by atoms with Gasteiger partial charge in [-0.25, -0.2) is 0 Å². The molecule has 0 amide bonds. The first-order chi connectivity index (χ1) is 4.74. The average molecular weight is 176 g/mol. The highest BCUT2D eigenvalue weighted by Crippen LogP contribution is 2.16. The number of hydrogen-bond donors (Lipinski definition) is 2. The van der Waals surface area contributed by atoms with Crippen LogP contribution >= 0.6 is 12.4 Å². The summed E-state index contributed by atoms with van der Waals surface area (Å²) in [6, 6.07) is 1.88. The normalized spacial score (nSPS) is 12.2. The molecule has 0 aliphatic rings. The number of H-pyrrole nitrogens is 1. The summed E-state index contributed by atoms with van der Waals surface area (Å²) in [7, 11) is 0. The Labute approximate surface area is 72.8 Å². The van der Waals surface area contributed by atoms with Crippen LogP contribution in [0.15, 0.2) is 6.07 Å². The Bertz CT molecular complexity index is 209. The maximum absolute atomic E-state index is 5.43. The van der Waals surface area contributed by atoms with Gasteiger partial charge in [0.15, 0.2) is 0 Å². The topological polar surface area (TPSA) is 54.7 Å². The lowest BCUT2D eigenvalue weighted by molar-refractivity contribution is 0.703. The molecule has 0 radical (unpaired) electrons. The fourth-order valence-corrected chi connectivity index (χ4v) is 0.825. The van der Waals surface area contributed by atoms with E-state index in [9.17, 15) is 0 Å². The van der Waals surface area contributed by atoms with Gasteiger partial charge in [0, 0.05) is 11.8 Å². The number of rotatable bonds is 2. The quantitative estimate of drug-likeness (QED) is 0.722. The highest BCUT2D eigenvalue weighted by molar-refractivity contribution is 5.85. The van der Waals surface area contributed by atoms with Crippen molar-refractivity contribution in [2.45, 2.75) is 26.2 Å². The number of aromatic nitrogens is 2. The summed E-state index contributed by atoms with van der Waals surface area (Å²) in [5, 5.41) is 6.72. The number of halogens is 1. The molecule has 0 fully saturated rings. The first-order valence-corrected chi connectivity index (χ1v) is 3.54. The third-order valence-corrected chi connectivity index (χ3v) is 1.76. The molecular formula is C7H14ClN3. The van der Waals surface area contributed by atoms with Crippen LogP contribution in [0.5, 0.6) is 0 Å². The van der Waals surface area contributed by atoms with Crippen LogP contribution in [0.3, 0.4) is 0 Å². The van der Waals surface area contributed by atoms with Crippen LogP contribution in [0.2, 0.25) is 0 Å². The summed E-state index contributed by atoms with van der Waals surface area (Å²) in [6.07, 6.45) is 1.11. The monoisotopic (exact) mass is 175 g/mol. The van der Waals surface area contributed by atoms with Gasteiger partial charge in [-0.15, -0.1) is 12.4 Å². The molecule has 3 N–H and O–H groups in total. The highest BCUT2D eigenvalue weighted by atomic mass is 35.5. The minimum Gasteiger partial charge on any atom is -0.382 e. The van der Waals surface area contributed by atoms with E-state index in [2.05, 4.69) is 24.0 Å². The molecule has 0 bridgehead atoms. The van der Waals surface area contributed by atoms with E-state index in [4.69, 9.17) is 5.73 Å². The second kappa shape index (κ2) is 4.23. The molecule has 1 heterocycles. The fourth-order valence-electron chi connectivity index (χ4n) is 0.825. The number of nitrogens with zero attached hydrogens (tertiary/aromatic N) is 1. The van der Waals surface area contributed by atoms with Crippen LogP contribution in [0.25, 0.3) is 0 Å². The molecule has 1 atom stereocenters. The van der Waals surface area contributed by atoms with Crippen LogP contribution in [0.4, 0.5) is 5.82 Å². The second-order valence-electron chi connectivity index (χ2n) is 2.56. The molecule has 4 heteroatoms. The summed E-state index contributed by atoms with van der Waals surface area (Å²) in [4.78, 5) is 0. The standard InChI is InChI=1S/C7H13N3.ClH/c1-3-5(2)6-4-7(8)10-9-6;/h4-5H,3H2,1-2H3,(H3,8,9,10);1H. The average Bonchev–Trinajstić information content (AvgIpc) is 2.34. The van der Waals surface area contributed by atoms with Crippen LogP contribution in [-0.4, -0.2) is 10.2 Å². The molecule has 1 rings (SSSR count). The molecule has 0 saturated carbocycles. The number of nitrogen functional groups attached to an aromatic ring is 1. The molecule has 3 nitrogen and oxygen atoms in total. The van der Waals surface area contributed by atoms with Crippen molar-refractivity contribution < 1.29 is 0 Å². The largest absolute Gasteiger partial charge is 0.382 e. The minimum atomic E-state index is 0. The maximum atomic E-state index is 5.43. The van der Waals surface area contributed by atoms with E-state index < -0.39 is 0 Å². The first kappa shape index (κ1) is 10.3. The molecule has 64 valence electrons. The van der Waals surface area contributed by atoms with Crippen molar-refractivity contribution in [3.8, 4) is 0 Å². The Morgan fingerprint density at radius 1 is 1.73 bits per heavy atom. The van der Waals surface area contributed by atoms with E-state index in [0.717, 1.165) is 12.1 Å². The van der Waals surface area contributed by atoms with Gasteiger partial charge in [0.2, 0.25) is 0 Å². The highest BCUT2D eigenvalue weighted by Gasteiger charge is 2.04. The summed E-state index contributed by atoms with van der Waals surface area (Å²) in [6.45, 7) is 4.29. The molecule has 0 saturated heterocycles. The van der Waals surface area contributed by atoms with Crippen molar-refractivity contribution in [2.24, 2.45) is 0 Å². The van der Waals surface area contributed by atoms with E-state index >= 15 is 0 Å². The Kier molecular flexibility index (Phi) is 3.97. The van der Waals surface area contributed by atoms with Gasteiger partial charge < -0.3 is 5.73 Å². The predicted molar refractivity (Wildman–Crippen MR) is 49.0 cm³/mol.